The van der Waals surface area contributed by atoms with Crippen LogP contribution in [-0.2, 0) is 4.79 Å². The van der Waals surface area contributed by atoms with E-state index in [0.29, 0.717) is 13.1 Å². The van der Waals surface area contributed by atoms with E-state index in [-0.39, 0.29) is 17.6 Å². The number of carbonyl (C=O) groups is 2. The van der Waals surface area contributed by atoms with Gasteiger partial charge in [0.15, 0.2) is 5.76 Å². The first-order valence-electron chi connectivity index (χ1n) is 5.51. The Morgan fingerprint density at radius 3 is 2.41 bits per heavy atom. The standard InChI is InChI=1S/C12H18N2O3/c1-12(2,3)11(16)14-7-6-13-10(15)9-5-4-8-17-9/h4-5,8H,6-7H2,1-3H3,(H,13,15)(H,14,16). The molecule has 1 aromatic heterocycles. The molecule has 2 N–H and O–H groups in total. The molecule has 0 aliphatic carbocycles. The minimum atomic E-state index is -0.412. The molecule has 0 saturated carbocycles. The lowest BCUT2D eigenvalue weighted by molar-refractivity contribution is -0.128. The zero-order valence-electron chi connectivity index (χ0n) is 10.4. The first-order chi connectivity index (χ1) is 7.91. The maximum absolute atomic E-state index is 11.5. The normalized spacial score (nSPS) is 11.0. The van der Waals surface area contributed by atoms with Gasteiger partial charge in [-0.1, -0.05) is 20.8 Å². The van der Waals surface area contributed by atoms with Crippen LogP contribution < -0.4 is 10.6 Å². The highest BCUT2D eigenvalue weighted by molar-refractivity contribution is 5.91. The van der Waals surface area contributed by atoms with Crippen molar-refractivity contribution in [2.75, 3.05) is 13.1 Å². The summed E-state index contributed by atoms with van der Waals surface area (Å²) in [7, 11) is 0. The van der Waals surface area contributed by atoms with Gasteiger partial charge in [0.1, 0.15) is 0 Å². The number of carbonyl (C=O) groups excluding carboxylic acids is 2. The first kappa shape index (κ1) is 13.3. The fourth-order valence-electron chi connectivity index (χ4n) is 1.11. The average molecular weight is 238 g/mol. The second-order valence-corrected chi connectivity index (χ2v) is 4.74. The van der Waals surface area contributed by atoms with Gasteiger partial charge >= 0.3 is 0 Å². The molecule has 0 atom stereocenters. The fraction of sp³-hybridized carbons (Fsp3) is 0.500. The Morgan fingerprint density at radius 1 is 1.24 bits per heavy atom. The van der Waals surface area contributed by atoms with E-state index in [1.165, 1.54) is 6.26 Å². The summed E-state index contributed by atoms with van der Waals surface area (Å²) in [6.45, 7) is 6.29. The van der Waals surface area contributed by atoms with E-state index in [1.54, 1.807) is 12.1 Å². The molecule has 94 valence electrons. The smallest absolute Gasteiger partial charge is 0.287 e. The van der Waals surface area contributed by atoms with E-state index >= 15 is 0 Å². The molecule has 1 rings (SSSR count). The van der Waals surface area contributed by atoms with Crippen molar-refractivity contribution in [2.24, 2.45) is 5.41 Å². The molecule has 0 aliphatic heterocycles. The molecule has 0 fully saturated rings. The number of hydrogen-bond acceptors (Lipinski definition) is 3. The molecule has 5 heteroatoms. The van der Waals surface area contributed by atoms with Crippen LogP contribution in [0.2, 0.25) is 0 Å². The summed E-state index contributed by atoms with van der Waals surface area (Å²) in [5.74, 6) is -0.0445. The van der Waals surface area contributed by atoms with E-state index in [9.17, 15) is 9.59 Å². The lowest BCUT2D eigenvalue weighted by Gasteiger charge is -2.17. The molecule has 0 spiro atoms. The topological polar surface area (TPSA) is 71.3 Å². The summed E-state index contributed by atoms with van der Waals surface area (Å²) in [4.78, 5) is 22.9. The van der Waals surface area contributed by atoms with Crippen molar-refractivity contribution in [2.45, 2.75) is 20.8 Å². The third kappa shape index (κ3) is 4.30. The summed E-state index contributed by atoms with van der Waals surface area (Å²) in [5, 5.41) is 5.38. The zero-order chi connectivity index (χ0) is 12.9. The van der Waals surface area contributed by atoms with Crippen LogP contribution in [0, 0.1) is 5.41 Å². The van der Waals surface area contributed by atoms with Crippen LogP contribution in [0.25, 0.3) is 0 Å². The van der Waals surface area contributed by atoms with Gasteiger partial charge in [-0.2, -0.15) is 0 Å². The molecule has 2 amide bonds. The maximum atomic E-state index is 11.5. The number of amides is 2. The SMILES string of the molecule is CC(C)(C)C(=O)NCCNC(=O)c1ccco1. The molecule has 1 aromatic rings. The van der Waals surface area contributed by atoms with Gasteiger partial charge in [-0.05, 0) is 12.1 Å². The molecule has 0 saturated heterocycles. The molecule has 5 nitrogen and oxygen atoms in total. The summed E-state index contributed by atoms with van der Waals surface area (Å²) in [6, 6.07) is 3.24. The summed E-state index contributed by atoms with van der Waals surface area (Å²) in [5.41, 5.74) is -0.412. The molecule has 0 aromatic carbocycles. The lowest BCUT2D eigenvalue weighted by atomic mass is 9.96. The van der Waals surface area contributed by atoms with E-state index in [0.717, 1.165) is 0 Å². The largest absolute Gasteiger partial charge is 0.459 e. The van der Waals surface area contributed by atoms with Gasteiger partial charge in [-0.15, -0.1) is 0 Å². The second-order valence-electron chi connectivity index (χ2n) is 4.74. The van der Waals surface area contributed by atoms with E-state index in [1.807, 2.05) is 20.8 Å². The molecule has 0 bridgehead atoms. The van der Waals surface area contributed by atoms with Crippen molar-refractivity contribution in [3.63, 3.8) is 0 Å². The molecule has 0 aliphatic rings. The van der Waals surface area contributed by atoms with Crippen LogP contribution in [-0.4, -0.2) is 24.9 Å². The highest BCUT2D eigenvalue weighted by Gasteiger charge is 2.20. The third-order valence-electron chi connectivity index (χ3n) is 2.12. The van der Waals surface area contributed by atoms with Gasteiger partial charge in [0, 0.05) is 18.5 Å². The van der Waals surface area contributed by atoms with Crippen LogP contribution in [0.4, 0.5) is 0 Å². The van der Waals surface area contributed by atoms with Crippen molar-refractivity contribution in [1.29, 1.82) is 0 Å². The Kier molecular flexibility index (Phi) is 4.31. The summed E-state index contributed by atoms with van der Waals surface area (Å²) >= 11 is 0. The number of furan rings is 1. The zero-order valence-corrected chi connectivity index (χ0v) is 10.4. The Bertz CT molecular complexity index is 377. The Hall–Kier alpha value is -1.78. The molecule has 17 heavy (non-hydrogen) atoms. The number of hydrogen-bond donors (Lipinski definition) is 2. The lowest BCUT2D eigenvalue weighted by Crippen LogP contribution is -2.39. The van der Waals surface area contributed by atoms with Gasteiger partial charge in [-0.3, -0.25) is 9.59 Å². The summed E-state index contributed by atoms with van der Waals surface area (Å²) < 4.78 is 4.93. The van der Waals surface area contributed by atoms with E-state index < -0.39 is 5.41 Å². The molecular weight excluding hydrogens is 220 g/mol. The van der Waals surface area contributed by atoms with Gasteiger partial charge in [0.2, 0.25) is 5.91 Å². The Labute approximate surface area is 101 Å². The predicted molar refractivity (Wildman–Crippen MR) is 63.5 cm³/mol. The van der Waals surface area contributed by atoms with Gasteiger partial charge in [0.25, 0.3) is 5.91 Å². The highest BCUT2D eigenvalue weighted by atomic mass is 16.3. The number of rotatable bonds is 4. The summed E-state index contributed by atoms with van der Waals surface area (Å²) in [6.07, 6.45) is 1.44. The van der Waals surface area contributed by atoms with Crippen LogP contribution >= 0.6 is 0 Å². The maximum Gasteiger partial charge on any atom is 0.287 e. The Morgan fingerprint density at radius 2 is 1.88 bits per heavy atom. The van der Waals surface area contributed by atoms with Crippen LogP contribution in [0.5, 0.6) is 0 Å². The van der Waals surface area contributed by atoms with E-state index in [2.05, 4.69) is 10.6 Å². The van der Waals surface area contributed by atoms with E-state index in [4.69, 9.17) is 4.42 Å². The van der Waals surface area contributed by atoms with Crippen molar-refractivity contribution >= 4 is 11.8 Å². The molecule has 0 unspecified atom stereocenters. The van der Waals surface area contributed by atoms with Gasteiger partial charge in [-0.25, -0.2) is 0 Å². The van der Waals surface area contributed by atoms with Gasteiger partial charge in [0.05, 0.1) is 6.26 Å². The first-order valence-corrected chi connectivity index (χ1v) is 5.51. The third-order valence-corrected chi connectivity index (χ3v) is 2.12. The minimum absolute atomic E-state index is 0.0373. The predicted octanol–water partition coefficient (Wildman–Crippen LogP) is 1.17. The average Bonchev–Trinajstić information content (AvgIpc) is 2.75. The highest BCUT2D eigenvalue weighted by Crippen LogP contribution is 2.11. The van der Waals surface area contributed by atoms with Crippen molar-refractivity contribution < 1.29 is 14.0 Å². The fourth-order valence-corrected chi connectivity index (χ4v) is 1.11. The van der Waals surface area contributed by atoms with Gasteiger partial charge < -0.3 is 15.1 Å². The van der Waals surface area contributed by atoms with Crippen molar-refractivity contribution in [1.82, 2.24) is 10.6 Å². The monoisotopic (exact) mass is 238 g/mol. The Balaban J connectivity index is 2.21. The molecule has 0 radical (unpaired) electrons. The quantitative estimate of drug-likeness (QED) is 0.773. The minimum Gasteiger partial charge on any atom is -0.459 e. The van der Waals surface area contributed by atoms with Crippen LogP contribution in [0.3, 0.4) is 0 Å². The number of nitrogens with one attached hydrogen (secondary N) is 2. The van der Waals surface area contributed by atoms with Crippen LogP contribution in [0.15, 0.2) is 22.8 Å². The van der Waals surface area contributed by atoms with Crippen molar-refractivity contribution in [3.8, 4) is 0 Å². The second kappa shape index (κ2) is 5.52. The molecular formula is C12H18N2O3. The van der Waals surface area contributed by atoms with Crippen molar-refractivity contribution in [3.05, 3.63) is 24.2 Å². The molecule has 1 heterocycles. The van der Waals surface area contributed by atoms with Crippen LogP contribution in [0.1, 0.15) is 31.3 Å².